The maximum atomic E-state index is 11.2. The van der Waals surface area contributed by atoms with Gasteiger partial charge in [-0.05, 0) is 77.5 Å². The molecular formula is C17H32N2O2. The van der Waals surface area contributed by atoms with Crippen LogP contribution in [0.3, 0.4) is 0 Å². The summed E-state index contributed by atoms with van der Waals surface area (Å²) in [4.78, 5) is 13.8. The lowest BCUT2D eigenvalue weighted by Gasteiger charge is -2.34. The summed E-state index contributed by atoms with van der Waals surface area (Å²) >= 11 is 0. The third-order valence-electron chi connectivity index (χ3n) is 4.96. The zero-order valence-electron chi connectivity index (χ0n) is 13.6. The number of unbranched alkanes of at least 4 members (excludes halogenated alkanes) is 2. The molecule has 0 aromatic rings. The highest BCUT2D eigenvalue weighted by atomic mass is 16.5. The summed E-state index contributed by atoms with van der Waals surface area (Å²) in [5.41, 5.74) is 0. The monoisotopic (exact) mass is 296 g/mol. The molecule has 4 nitrogen and oxygen atoms in total. The molecule has 0 amide bonds. The second kappa shape index (κ2) is 9.42. The van der Waals surface area contributed by atoms with Crippen molar-refractivity contribution in [1.29, 1.82) is 0 Å². The molecule has 0 bridgehead atoms. The summed E-state index contributed by atoms with van der Waals surface area (Å²) in [6.45, 7) is 7.33. The number of carbonyl (C=O) groups is 1. The molecule has 0 saturated carbocycles. The summed E-state index contributed by atoms with van der Waals surface area (Å²) < 4.78 is 4.94. The topological polar surface area (TPSA) is 41.6 Å². The van der Waals surface area contributed by atoms with Crippen molar-refractivity contribution in [3.8, 4) is 0 Å². The van der Waals surface area contributed by atoms with Gasteiger partial charge in [-0.3, -0.25) is 4.79 Å². The Morgan fingerprint density at radius 3 is 2.67 bits per heavy atom. The van der Waals surface area contributed by atoms with Gasteiger partial charge in [0.2, 0.25) is 0 Å². The quantitative estimate of drug-likeness (QED) is 0.552. The number of nitrogens with zero attached hydrogens (tertiary/aromatic N) is 1. The van der Waals surface area contributed by atoms with Crippen LogP contribution in [0.15, 0.2) is 0 Å². The number of rotatable bonds is 8. The molecule has 1 unspecified atom stereocenters. The van der Waals surface area contributed by atoms with E-state index in [2.05, 4.69) is 10.2 Å². The van der Waals surface area contributed by atoms with Crippen LogP contribution in [0.4, 0.5) is 0 Å². The maximum Gasteiger partial charge on any atom is 0.305 e. The number of hydrogen-bond donors (Lipinski definition) is 1. The van der Waals surface area contributed by atoms with Crippen LogP contribution in [0.5, 0.6) is 0 Å². The minimum absolute atomic E-state index is 0.0395. The number of carbonyl (C=O) groups excluding carboxylic acids is 1. The highest BCUT2D eigenvalue weighted by Crippen LogP contribution is 2.25. The fourth-order valence-electron chi connectivity index (χ4n) is 3.71. The van der Waals surface area contributed by atoms with Crippen molar-refractivity contribution in [2.75, 3.05) is 32.8 Å². The smallest absolute Gasteiger partial charge is 0.305 e. The van der Waals surface area contributed by atoms with Gasteiger partial charge in [-0.2, -0.15) is 0 Å². The van der Waals surface area contributed by atoms with Crippen LogP contribution in [0.2, 0.25) is 0 Å². The summed E-state index contributed by atoms with van der Waals surface area (Å²) in [6.07, 6.45) is 9.39. The molecule has 2 aliphatic heterocycles. The summed E-state index contributed by atoms with van der Waals surface area (Å²) in [5, 5.41) is 3.66. The Bertz CT molecular complexity index is 295. The molecule has 2 heterocycles. The van der Waals surface area contributed by atoms with Crippen LogP contribution in [-0.4, -0.2) is 49.7 Å². The summed E-state index contributed by atoms with van der Waals surface area (Å²) in [5.74, 6) is 0.870. The lowest BCUT2D eigenvalue weighted by atomic mass is 9.88. The van der Waals surface area contributed by atoms with E-state index in [1.54, 1.807) is 0 Å². The first kappa shape index (κ1) is 16.8. The lowest BCUT2D eigenvalue weighted by molar-refractivity contribution is -0.143. The SMILES string of the molecule is CCOC(=O)CCCCCN1CCC(C2CCCN2)CC1. The molecule has 2 saturated heterocycles. The summed E-state index contributed by atoms with van der Waals surface area (Å²) in [6, 6.07) is 0.803. The Hall–Kier alpha value is -0.610. The molecule has 1 atom stereocenters. The van der Waals surface area contributed by atoms with E-state index in [0.29, 0.717) is 13.0 Å². The fraction of sp³-hybridized carbons (Fsp3) is 0.941. The van der Waals surface area contributed by atoms with E-state index in [0.717, 1.165) is 24.8 Å². The average Bonchev–Trinajstić information content (AvgIpc) is 3.02. The molecule has 0 radical (unpaired) electrons. The van der Waals surface area contributed by atoms with E-state index in [1.807, 2.05) is 6.92 Å². The molecular weight excluding hydrogens is 264 g/mol. The van der Waals surface area contributed by atoms with Crippen molar-refractivity contribution in [1.82, 2.24) is 10.2 Å². The number of piperidine rings is 1. The van der Waals surface area contributed by atoms with E-state index in [4.69, 9.17) is 4.74 Å². The molecule has 2 rings (SSSR count). The van der Waals surface area contributed by atoms with E-state index in [1.165, 1.54) is 58.3 Å². The highest BCUT2D eigenvalue weighted by molar-refractivity contribution is 5.69. The van der Waals surface area contributed by atoms with Gasteiger partial charge >= 0.3 is 5.97 Å². The minimum atomic E-state index is -0.0395. The van der Waals surface area contributed by atoms with Gasteiger partial charge in [0.25, 0.3) is 0 Å². The largest absolute Gasteiger partial charge is 0.466 e. The lowest BCUT2D eigenvalue weighted by Crippen LogP contribution is -2.41. The van der Waals surface area contributed by atoms with Crippen molar-refractivity contribution in [3.63, 3.8) is 0 Å². The van der Waals surface area contributed by atoms with Crippen molar-refractivity contribution in [2.45, 2.75) is 64.3 Å². The Morgan fingerprint density at radius 1 is 1.19 bits per heavy atom. The molecule has 2 fully saturated rings. The zero-order chi connectivity index (χ0) is 14.9. The Balaban J connectivity index is 1.48. The van der Waals surface area contributed by atoms with Crippen molar-refractivity contribution in [2.24, 2.45) is 5.92 Å². The van der Waals surface area contributed by atoms with Crippen LogP contribution in [-0.2, 0) is 9.53 Å². The van der Waals surface area contributed by atoms with Crippen LogP contribution in [0, 0.1) is 5.92 Å². The third kappa shape index (κ3) is 5.95. The van der Waals surface area contributed by atoms with Crippen LogP contribution >= 0.6 is 0 Å². The average molecular weight is 296 g/mol. The van der Waals surface area contributed by atoms with Crippen LogP contribution < -0.4 is 5.32 Å². The van der Waals surface area contributed by atoms with Gasteiger partial charge in [-0.15, -0.1) is 0 Å². The Morgan fingerprint density at radius 2 is 2.00 bits per heavy atom. The number of esters is 1. The summed E-state index contributed by atoms with van der Waals surface area (Å²) in [7, 11) is 0. The normalized spacial score (nSPS) is 24.3. The van der Waals surface area contributed by atoms with E-state index in [-0.39, 0.29) is 5.97 Å². The van der Waals surface area contributed by atoms with Crippen molar-refractivity contribution < 1.29 is 9.53 Å². The minimum Gasteiger partial charge on any atom is -0.466 e. The zero-order valence-corrected chi connectivity index (χ0v) is 13.6. The molecule has 4 heteroatoms. The van der Waals surface area contributed by atoms with Crippen LogP contribution in [0.1, 0.15) is 58.3 Å². The first-order valence-electron chi connectivity index (χ1n) is 8.91. The number of nitrogens with one attached hydrogen (secondary N) is 1. The Labute approximate surface area is 129 Å². The first-order valence-corrected chi connectivity index (χ1v) is 8.91. The molecule has 122 valence electrons. The Kier molecular flexibility index (Phi) is 7.51. The van der Waals surface area contributed by atoms with Gasteiger partial charge in [0, 0.05) is 12.5 Å². The second-order valence-electron chi connectivity index (χ2n) is 6.50. The van der Waals surface area contributed by atoms with Crippen molar-refractivity contribution in [3.05, 3.63) is 0 Å². The highest BCUT2D eigenvalue weighted by Gasteiger charge is 2.27. The second-order valence-corrected chi connectivity index (χ2v) is 6.50. The van der Waals surface area contributed by atoms with Gasteiger partial charge in [0.05, 0.1) is 6.61 Å². The van der Waals surface area contributed by atoms with E-state index in [9.17, 15) is 4.79 Å². The predicted molar refractivity (Wildman–Crippen MR) is 85.3 cm³/mol. The van der Waals surface area contributed by atoms with Gasteiger partial charge in [-0.1, -0.05) is 6.42 Å². The molecule has 0 aromatic carbocycles. The molecule has 0 spiro atoms. The number of likely N-dealkylation sites (tertiary alicyclic amines) is 1. The molecule has 21 heavy (non-hydrogen) atoms. The molecule has 2 aliphatic rings. The molecule has 1 N–H and O–H groups in total. The van der Waals surface area contributed by atoms with E-state index < -0.39 is 0 Å². The maximum absolute atomic E-state index is 11.2. The van der Waals surface area contributed by atoms with E-state index >= 15 is 0 Å². The first-order chi connectivity index (χ1) is 10.3. The van der Waals surface area contributed by atoms with Gasteiger partial charge in [-0.25, -0.2) is 0 Å². The van der Waals surface area contributed by atoms with Gasteiger partial charge < -0.3 is 15.0 Å². The van der Waals surface area contributed by atoms with Crippen LogP contribution in [0.25, 0.3) is 0 Å². The standard InChI is InChI=1S/C17H32N2O2/c1-2-21-17(20)8-4-3-5-12-19-13-9-15(10-14-19)16-7-6-11-18-16/h15-16,18H,2-14H2,1H3. The van der Waals surface area contributed by atoms with Gasteiger partial charge in [0.1, 0.15) is 0 Å². The fourth-order valence-corrected chi connectivity index (χ4v) is 3.71. The van der Waals surface area contributed by atoms with Crippen molar-refractivity contribution >= 4 is 5.97 Å². The predicted octanol–water partition coefficient (Wildman–Crippen LogP) is 2.57. The van der Waals surface area contributed by atoms with Gasteiger partial charge in [0.15, 0.2) is 0 Å². The molecule has 0 aromatic heterocycles. The molecule has 0 aliphatic carbocycles. The number of hydrogen-bond acceptors (Lipinski definition) is 4. The third-order valence-corrected chi connectivity index (χ3v) is 4.96. The number of ether oxygens (including phenoxy) is 1.